The van der Waals surface area contributed by atoms with Crippen LogP contribution < -0.4 is 10.1 Å². The van der Waals surface area contributed by atoms with E-state index in [0.717, 1.165) is 27.9 Å². The van der Waals surface area contributed by atoms with Crippen molar-refractivity contribution in [2.45, 2.75) is 45.1 Å². The molecule has 1 atom stereocenters. The number of ether oxygens (including phenoxy) is 1. The topological polar surface area (TPSA) is 69.0 Å². The number of thioether (sulfide) groups is 1. The van der Waals surface area contributed by atoms with Crippen molar-refractivity contribution in [3.05, 3.63) is 71.5 Å². The zero-order chi connectivity index (χ0) is 20.6. The molecule has 2 aromatic carbocycles. The van der Waals surface area contributed by atoms with E-state index in [-0.39, 0.29) is 17.7 Å². The van der Waals surface area contributed by atoms with Gasteiger partial charge in [-0.15, -0.1) is 10.2 Å². The molecule has 0 bridgehead atoms. The first-order chi connectivity index (χ1) is 14.1. The summed E-state index contributed by atoms with van der Waals surface area (Å²) in [6, 6.07) is 17.8. The van der Waals surface area contributed by atoms with Crippen molar-refractivity contribution in [2.75, 3.05) is 5.75 Å². The standard InChI is InChI=1S/C22H26N4O2S/c1-4-26-20(14-28-19-13-9-8-10-16(19)2)24-25-22(26)29-15-21(27)23-17(3)18-11-6-5-7-12-18/h5-13,17H,4,14-15H2,1-3H3,(H,23,27). The van der Waals surface area contributed by atoms with Crippen LogP contribution in [0.2, 0.25) is 0 Å². The Bertz CT molecular complexity index is 943. The second-order valence-corrected chi connectivity index (χ2v) is 7.63. The summed E-state index contributed by atoms with van der Waals surface area (Å²) in [6.07, 6.45) is 0. The lowest BCUT2D eigenvalue weighted by molar-refractivity contribution is -0.119. The lowest BCUT2D eigenvalue weighted by Crippen LogP contribution is -2.28. The van der Waals surface area contributed by atoms with E-state index in [1.807, 2.05) is 79.9 Å². The number of amides is 1. The van der Waals surface area contributed by atoms with Gasteiger partial charge in [0, 0.05) is 6.54 Å². The first-order valence-corrected chi connectivity index (χ1v) is 10.6. The molecule has 0 radical (unpaired) electrons. The molecule has 0 saturated carbocycles. The van der Waals surface area contributed by atoms with Crippen molar-refractivity contribution in [1.82, 2.24) is 20.1 Å². The first kappa shape index (κ1) is 20.9. The Hall–Kier alpha value is -2.80. The van der Waals surface area contributed by atoms with Crippen molar-refractivity contribution in [3.63, 3.8) is 0 Å². The average Bonchev–Trinajstić information content (AvgIpc) is 3.14. The largest absolute Gasteiger partial charge is 0.485 e. The van der Waals surface area contributed by atoms with Crippen LogP contribution in [0.4, 0.5) is 0 Å². The summed E-state index contributed by atoms with van der Waals surface area (Å²) < 4.78 is 7.88. The fourth-order valence-corrected chi connectivity index (χ4v) is 3.78. The smallest absolute Gasteiger partial charge is 0.230 e. The molecule has 7 heteroatoms. The van der Waals surface area contributed by atoms with Crippen LogP contribution in [0.25, 0.3) is 0 Å². The number of hydrogen-bond donors (Lipinski definition) is 1. The molecule has 1 aromatic heterocycles. The predicted octanol–water partition coefficient (Wildman–Crippen LogP) is 4.15. The number of para-hydroxylation sites is 1. The van der Waals surface area contributed by atoms with Gasteiger partial charge in [-0.1, -0.05) is 60.3 Å². The van der Waals surface area contributed by atoms with Crippen molar-refractivity contribution < 1.29 is 9.53 Å². The van der Waals surface area contributed by atoms with Crippen molar-refractivity contribution in [3.8, 4) is 5.75 Å². The van der Waals surface area contributed by atoms with E-state index in [0.29, 0.717) is 13.2 Å². The van der Waals surface area contributed by atoms with Gasteiger partial charge in [-0.2, -0.15) is 0 Å². The van der Waals surface area contributed by atoms with Gasteiger partial charge < -0.3 is 14.6 Å². The quantitative estimate of drug-likeness (QED) is 0.537. The van der Waals surface area contributed by atoms with Crippen LogP contribution in [-0.4, -0.2) is 26.4 Å². The average molecular weight is 411 g/mol. The molecule has 6 nitrogen and oxygen atoms in total. The van der Waals surface area contributed by atoms with E-state index in [1.54, 1.807) is 0 Å². The number of aromatic nitrogens is 3. The van der Waals surface area contributed by atoms with Crippen molar-refractivity contribution >= 4 is 17.7 Å². The Morgan fingerprint density at radius 2 is 1.86 bits per heavy atom. The van der Waals surface area contributed by atoms with Gasteiger partial charge in [-0.05, 0) is 38.0 Å². The van der Waals surface area contributed by atoms with Gasteiger partial charge >= 0.3 is 0 Å². The molecule has 0 aliphatic heterocycles. The minimum absolute atomic E-state index is 0.0327. The molecule has 0 saturated heterocycles. The molecule has 3 rings (SSSR count). The Labute approximate surface area is 175 Å². The lowest BCUT2D eigenvalue weighted by atomic mass is 10.1. The van der Waals surface area contributed by atoms with Crippen LogP contribution in [0, 0.1) is 6.92 Å². The second kappa shape index (κ2) is 10.1. The number of hydrogen-bond acceptors (Lipinski definition) is 5. The molecular formula is C22H26N4O2S. The molecular weight excluding hydrogens is 384 g/mol. The van der Waals surface area contributed by atoms with Crippen LogP contribution in [0.5, 0.6) is 5.75 Å². The molecule has 0 spiro atoms. The van der Waals surface area contributed by atoms with Gasteiger partial charge in [0.2, 0.25) is 5.91 Å². The highest BCUT2D eigenvalue weighted by Gasteiger charge is 2.15. The van der Waals surface area contributed by atoms with Gasteiger partial charge in [0.25, 0.3) is 0 Å². The maximum absolute atomic E-state index is 12.3. The molecule has 3 aromatic rings. The van der Waals surface area contributed by atoms with Crippen LogP contribution in [-0.2, 0) is 17.9 Å². The van der Waals surface area contributed by atoms with Crippen molar-refractivity contribution in [2.24, 2.45) is 0 Å². The lowest BCUT2D eigenvalue weighted by Gasteiger charge is -2.14. The third kappa shape index (κ3) is 5.60. The van der Waals surface area contributed by atoms with Gasteiger partial charge in [-0.25, -0.2) is 0 Å². The zero-order valence-electron chi connectivity index (χ0n) is 17.0. The van der Waals surface area contributed by atoms with Crippen molar-refractivity contribution in [1.29, 1.82) is 0 Å². The Kier molecular flexibility index (Phi) is 7.30. The van der Waals surface area contributed by atoms with Crippen LogP contribution in [0.15, 0.2) is 59.8 Å². The second-order valence-electron chi connectivity index (χ2n) is 6.69. The molecule has 0 fully saturated rings. The molecule has 0 aliphatic carbocycles. The SMILES string of the molecule is CCn1c(COc2ccccc2C)nnc1SCC(=O)NC(C)c1ccccc1. The zero-order valence-corrected chi connectivity index (χ0v) is 17.8. The van der Waals surface area contributed by atoms with Crippen LogP contribution in [0.3, 0.4) is 0 Å². The van der Waals surface area contributed by atoms with E-state index < -0.39 is 0 Å². The molecule has 1 N–H and O–H groups in total. The summed E-state index contributed by atoms with van der Waals surface area (Å²) in [5.41, 5.74) is 2.16. The van der Waals surface area contributed by atoms with E-state index in [4.69, 9.17) is 4.74 Å². The van der Waals surface area contributed by atoms with Gasteiger partial charge in [0.15, 0.2) is 11.0 Å². The molecule has 29 heavy (non-hydrogen) atoms. The number of benzene rings is 2. The minimum Gasteiger partial charge on any atom is -0.485 e. The normalized spacial score (nSPS) is 11.8. The summed E-state index contributed by atoms with van der Waals surface area (Å²) in [7, 11) is 0. The van der Waals surface area contributed by atoms with Gasteiger partial charge in [0.1, 0.15) is 12.4 Å². The Balaban J connectivity index is 1.56. The Morgan fingerprint density at radius 1 is 1.14 bits per heavy atom. The molecule has 1 heterocycles. The van der Waals surface area contributed by atoms with Gasteiger partial charge in [0.05, 0.1) is 11.8 Å². The molecule has 0 aliphatic rings. The summed E-state index contributed by atoms with van der Waals surface area (Å²) >= 11 is 1.38. The maximum atomic E-state index is 12.3. The van der Waals surface area contributed by atoms with Crippen LogP contribution >= 0.6 is 11.8 Å². The van der Waals surface area contributed by atoms with E-state index in [1.165, 1.54) is 11.8 Å². The summed E-state index contributed by atoms with van der Waals surface area (Å²) in [6.45, 7) is 7.07. The maximum Gasteiger partial charge on any atom is 0.230 e. The van der Waals surface area contributed by atoms with E-state index >= 15 is 0 Å². The minimum atomic E-state index is -0.0357. The highest BCUT2D eigenvalue weighted by atomic mass is 32.2. The number of nitrogens with zero attached hydrogens (tertiary/aromatic N) is 3. The Morgan fingerprint density at radius 3 is 2.59 bits per heavy atom. The number of nitrogens with one attached hydrogen (secondary N) is 1. The highest BCUT2D eigenvalue weighted by Crippen LogP contribution is 2.21. The number of rotatable bonds is 9. The highest BCUT2D eigenvalue weighted by molar-refractivity contribution is 7.99. The van der Waals surface area contributed by atoms with Crippen LogP contribution in [0.1, 0.15) is 36.8 Å². The monoisotopic (exact) mass is 410 g/mol. The molecule has 1 unspecified atom stereocenters. The fourth-order valence-electron chi connectivity index (χ4n) is 2.95. The van der Waals surface area contributed by atoms with E-state index in [2.05, 4.69) is 15.5 Å². The third-order valence-electron chi connectivity index (χ3n) is 4.57. The number of aryl methyl sites for hydroxylation is 1. The summed E-state index contributed by atoms with van der Waals surface area (Å²) in [5.74, 6) is 1.83. The number of carbonyl (C=O) groups excluding carboxylic acids is 1. The molecule has 1 amide bonds. The summed E-state index contributed by atoms with van der Waals surface area (Å²) in [4.78, 5) is 12.3. The first-order valence-electron chi connectivity index (χ1n) is 9.66. The molecule has 152 valence electrons. The van der Waals surface area contributed by atoms with E-state index in [9.17, 15) is 4.79 Å². The summed E-state index contributed by atoms with van der Waals surface area (Å²) in [5, 5.41) is 12.2. The van der Waals surface area contributed by atoms with Gasteiger partial charge in [-0.3, -0.25) is 4.79 Å². The predicted molar refractivity (Wildman–Crippen MR) is 115 cm³/mol. The third-order valence-corrected chi connectivity index (χ3v) is 5.54. The number of carbonyl (C=O) groups is 1. The fraction of sp³-hybridized carbons (Fsp3) is 0.318.